The Kier molecular flexibility index (Phi) is 5.14. The van der Waals surface area contributed by atoms with Gasteiger partial charge < -0.3 is 15.8 Å². The summed E-state index contributed by atoms with van der Waals surface area (Å²) in [5, 5.41) is 3.16. The van der Waals surface area contributed by atoms with Gasteiger partial charge in [0.25, 0.3) is 5.91 Å². The van der Waals surface area contributed by atoms with Crippen LogP contribution >= 0.6 is 23.8 Å². The van der Waals surface area contributed by atoms with Crippen LogP contribution in [0.5, 0.6) is 5.75 Å². The van der Waals surface area contributed by atoms with Crippen molar-refractivity contribution in [3.8, 4) is 5.75 Å². The number of halogens is 1. The summed E-state index contributed by atoms with van der Waals surface area (Å²) in [5.74, 6) is 0.135. The highest BCUT2D eigenvalue weighted by Gasteiger charge is 2.09. The molecule has 0 fully saturated rings. The van der Waals surface area contributed by atoms with Crippen molar-refractivity contribution in [3.63, 3.8) is 0 Å². The van der Waals surface area contributed by atoms with Crippen LogP contribution in [0.4, 0.5) is 5.69 Å². The molecular weight excluding hydrogens is 308 g/mol. The quantitative estimate of drug-likeness (QED) is 0.831. The molecule has 0 unspecified atom stereocenters. The van der Waals surface area contributed by atoms with E-state index in [1.54, 1.807) is 48.5 Å². The lowest BCUT2D eigenvalue weighted by Gasteiger charge is -2.11. The van der Waals surface area contributed by atoms with Crippen LogP contribution in [0.1, 0.15) is 5.56 Å². The molecule has 108 valence electrons. The number of para-hydroxylation sites is 2. The highest BCUT2D eigenvalue weighted by atomic mass is 35.5. The van der Waals surface area contributed by atoms with E-state index in [2.05, 4.69) is 5.32 Å². The van der Waals surface area contributed by atoms with E-state index < -0.39 is 0 Å². The Morgan fingerprint density at radius 2 is 1.86 bits per heavy atom. The molecule has 0 radical (unpaired) electrons. The van der Waals surface area contributed by atoms with Crippen molar-refractivity contribution in [1.29, 1.82) is 0 Å². The maximum Gasteiger partial charge on any atom is 0.262 e. The number of ether oxygens (including phenoxy) is 1. The van der Waals surface area contributed by atoms with Gasteiger partial charge in [0.1, 0.15) is 10.7 Å². The van der Waals surface area contributed by atoms with Crippen LogP contribution in [0.3, 0.4) is 0 Å². The molecule has 0 bridgehead atoms. The first-order valence-electron chi connectivity index (χ1n) is 6.14. The van der Waals surface area contributed by atoms with E-state index in [-0.39, 0.29) is 17.5 Å². The normalized spacial score (nSPS) is 9.95. The predicted molar refractivity (Wildman–Crippen MR) is 87.9 cm³/mol. The average molecular weight is 321 g/mol. The van der Waals surface area contributed by atoms with Crippen LogP contribution < -0.4 is 15.8 Å². The second-order valence-corrected chi connectivity index (χ2v) is 5.02. The maximum absolute atomic E-state index is 11.9. The fourth-order valence-corrected chi connectivity index (χ4v) is 2.07. The number of thiocarbonyl (C=S) groups is 1. The third kappa shape index (κ3) is 4.18. The van der Waals surface area contributed by atoms with Gasteiger partial charge in [-0.1, -0.05) is 48.1 Å². The highest BCUT2D eigenvalue weighted by molar-refractivity contribution is 7.80. The summed E-state index contributed by atoms with van der Waals surface area (Å²) in [6, 6.07) is 14.0. The maximum atomic E-state index is 11.9. The van der Waals surface area contributed by atoms with Gasteiger partial charge in [-0.15, -0.1) is 0 Å². The van der Waals surface area contributed by atoms with E-state index in [1.165, 1.54) is 0 Å². The van der Waals surface area contributed by atoms with Gasteiger partial charge in [-0.25, -0.2) is 0 Å². The summed E-state index contributed by atoms with van der Waals surface area (Å²) in [5.41, 5.74) is 6.77. The molecule has 0 heterocycles. The van der Waals surface area contributed by atoms with Gasteiger partial charge in [0.2, 0.25) is 0 Å². The molecule has 2 aromatic rings. The van der Waals surface area contributed by atoms with E-state index >= 15 is 0 Å². The second kappa shape index (κ2) is 7.06. The van der Waals surface area contributed by atoms with Gasteiger partial charge in [0.05, 0.1) is 10.7 Å². The third-order valence-electron chi connectivity index (χ3n) is 2.66. The largest absolute Gasteiger partial charge is 0.482 e. The minimum atomic E-state index is -0.321. The Labute approximate surface area is 132 Å². The molecule has 0 saturated carbocycles. The monoisotopic (exact) mass is 320 g/mol. The van der Waals surface area contributed by atoms with Gasteiger partial charge in [0.15, 0.2) is 6.61 Å². The minimum Gasteiger partial charge on any atom is -0.482 e. The van der Waals surface area contributed by atoms with E-state index in [0.717, 1.165) is 0 Å². The third-order valence-corrected chi connectivity index (χ3v) is 3.19. The van der Waals surface area contributed by atoms with Crippen LogP contribution in [-0.2, 0) is 4.79 Å². The molecule has 4 nitrogen and oxygen atoms in total. The highest BCUT2D eigenvalue weighted by Crippen LogP contribution is 2.23. The first kappa shape index (κ1) is 15.3. The molecule has 0 atom stereocenters. The molecule has 0 aliphatic carbocycles. The van der Waals surface area contributed by atoms with Gasteiger partial charge in [-0.2, -0.15) is 0 Å². The van der Waals surface area contributed by atoms with Crippen molar-refractivity contribution in [3.05, 3.63) is 59.1 Å². The minimum absolute atomic E-state index is 0.157. The predicted octanol–water partition coefficient (Wildman–Crippen LogP) is 2.99. The number of carbonyl (C=O) groups excluding carboxylic acids is 1. The molecule has 0 aromatic heterocycles. The summed E-state index contributed by atoms with van der Waals surface area (Å²) in [6.07, 6.45) is 0. The summed E-state index contributed by atoms with van der Waals surface area (Å²) in [4.78, 5) is 12.1. The number of hydrogen-bond donors (Lipinski definition) is 2. The summed E-state index contributed by atoms with van der Waals surface area (Å²) < 4.78 is 5.36. The molecule has 0 spiro atoms. The number of hydrogen-bond acceptors (Lipinski definition) is 3. The van der Waals surface area contributed by atoms with E-state index in [0.29, 0.717) is 22.0 Å². The first-order valence-corrected chi connectivity index (χ1v) is 6.92. The van der Waals surface area contributed by atoms with E-state index in [1.807, 2.05) is 0 Å². The number of nitrogens with two attached hydrogens (primary N) is 1. The second-order valence-electron chi connectivity index (χ2n) is 4.18. The Bertz CT molecular complexity index is 676. The number of rotatable bonds is 5. The van der Waals surface area contributed by atoms with Crippen LogP contribution in [0, 0.1) is 0 Å². The van der Waals surface area contributed by atoms with Crippen molar-refractivity contribution in [2.24, 2.45) is 5.73 Å². The SMILES string of the molecule is NC(=S)c1ccccc1NC(=O)COc1ccccc1Cl. The molecule has 1 amide bonds. The van der Waals surface area contributed by atoms with Crippen molar-refractivity contribution < 1.29 is 9.53 Å². The van der Waals surface area contributed by atoms with Gasteiger partial charge in [-0.05, 0) is 24.3 Å². The molecule has 0 saturated heterocycles. The Hall–Kier alpha value is -2.11. The molecule has 6 heteroatoms. The summed E-state index contributed by atoms with van der Waals surface area (Å²) >= 11 is 10.9. The molecule has 3 N–H and O–H groups in total. The van der Waals surface area contributed by atoms with Crippen LogP contribution in [-0.4, -0.2) is 17.5 Å². The molecule has 0 aliphatic heterocycles. The smallest absolute Gasteiger partial charge is 0.262 e. The van der Waals surface area contributed by atoms with Gasteiger partial charge in [-0.3, -0.25) is 4.79 Å². The van der Waals surface area contributed by atoms with Crippen LogP contribution in [0.25, 0.3) is 0 Å². The zero-order chi connectivity index (χ0) is 15.2. The molecule has 2 rings (SSSR count). The van der Waals surface area contributed by atoms with Gasteiger partial charge in [0, 0.05) is 5.56 Å². The molecule has 2 aromatic carbocycles. The topological polar surface area (TPSA) is 64.3 Å². The van der Waals surface area contributed by atoms with Crippen molar-refractivity contribution in [2.75, 3.05) is 11.9 Å². The van der Waals surface area contributed by atoms with Gasteiger partial charge >= 0.3 is 0 Å². The first-order chi connectivity index (χ1) is 10.1. The number of carbonyl (C=O) groups is 1. The van der Waals surface area contributed by atoms with Crippen molar-refractivity contribution in [1.82, 2.24) is 0 Å². The summed E-state index contributed by atoms with van der Waals surface area (Å²) in [6.45, 7) is -0.157. The van der Waals surface area contributed by atoms with Crippen molar-refractivity contribution in [2.45, 2.75) is 0 Å². The van der Waals surface area contributed by atoms with Crippen LogP contribution in [0.15, 0.2) is 48.5 Å². The zero-order valence-corrected chi connectivity index (χ0v) is 12.6. The van der Waals surface area contributed by atoms with Crippen LogP contribution in [0.2, 0.25) is 5.02 Å². The number of benzene rings is 2. The summed E-state index contributed by atoms with van der Waals surface area (Å²) in [7, 11) is 0. The number of nitrogens with one attached hydrogen (secondary N) is 1. The lowest BCUT2D eigenvalue weighted by Crippen LogP contribution is -2.22. The van der Waals surface area contributed by atoms with E-state index in [4.69, 9.17) is 34.3 Å². The Balaban J connectivity index is 2.00. The standard InChI is InChI=1S/C15H13ClN2O2S/c16-11-6-2-4-8-13(11)20-9-14(19)18-12-7-3-1-5-10(12)15(17)21/h1-8H,9H2,(H2,17,21)(H,18,19). The van der Waals surface area contributed by atoms with E-state index in [9.17, 15) is 4.79 Å². The lowest BCUT2D eigenvalue weighted by molar-refractivity contribution is -0.118. The molecule has 0 aliphatic rings. The Morgan fingerprint density at radius 3 is 2.57 bits per heavy atom. The van der Waals surface area contributed by atoms with Crippen molar-refractivity contribution >= 4 is 40.4 Å². The average Bonchev–Trinajstić information content (AvgIpc) is 2.47. The fourth-order valence-electron chi connectivity index (χ4n) is 1.70. The fraction of sp³-hybridized carbons (Fsp3) is 0.0667. The Morgan fingerprint density at radius 1 is 1.19 bits per heavy atom. The molecular formula is C15H13ClN2O2S. The zero-order valence-electron chi connectivity index (χ0n) is 11.0. The molecule has 21 heavy (non-hydrogen) atoms. The number of amides is 1. The number of anilines is 1. The lowest BCUT2D eigenvalue weighted by atomic mass is 10.2.